The maximum Gasteiger partial charge on any atom is 0.219 e. The normalized spacial score (nSPS) is 11.3. The van der Waals surface area contributed by atoms with Crippen LogP contribution in [0.4, 0.5) is 0 Å². The van der Waals surface area contributed by atoms with E-state index >= 15 is 0 Å². The molecule has 1 rings (SSSR count). The number of phenolic OH excluding ortho intramolecular Hbond substituents is 1. The fourth-order valence-electron chi connectivity index (χ4n) is 4.64. The molecule has 0 saturated carbocycles. The van der Waals surface area contributed by atoms with Crippen LogP contribution in [0.2, 0.25) is 0 Å². The highest BCUT2D eigenvalue weighted by molar-refractivity contribution is 7.99. The van der Waals surface area contributed by atoms with Crippen LogP contribution in [0, 0.1) is 0 Å². The summed E-state index contributed by atoms with van der Waals surface area (Å²) in [6.45, 7) is 2.08. The van der Waals surface area contributed by atoms with Crippen LogP contribution in [0.5, 0.6) is 5.75 Å². The Bertz CT molecular complexity index is 636. The predicted molar refractivity (Wildman–Crippen MR) is 163 cm³/mol. The Hall–Kier alpha value is -1.20. The van der Waals surface area contributed by atoms with Crippen molar-refractivity contribution >= 4 is 17.7 Å². The van der Waals surface area contributed by atoms with Gasteiger partial charge in [0.15, 0.2) is 0 Å². The van der Waals surface area contributed by atoms with Gasteiger partial charge in [-0.3, -0.25) is 4.79 Å². The van der Waals surface area contributed by atoms with Crippen molar-refractivity contribution in [1.29, 1.82) is 0 Å². The van der Waals surface area contributed by atoms with Crippen molar-refractivity contribution in [2.45, 2.75) is 133 Å². The number of hydrogen-bond acceptors (Lipinski definition) is 4. The summed E-state index contributed by atoms with van der Waals surface area (Å²) >= 11 is 1.81. The van der Waals surface area contributed by atoms with E-state index in [-0.39, 0.29) is 5.91 Å². The summed E-state index contributed by atoms with van der Waals surface area (Å²) in [4.78, 5) is 15.5. The molecule has 0 heterocycles. The molecule has 37 heavy (non-hydrogen) atoms. The monoisotopic (exact) mass is 534 g/mol. The summed E-state index contributed by atoms with van der Waals surface area (Å²) in [5, 5.41) is 12.4. The fourth-order valence-corrected chi connectivity index (χ4v) is 5.55. The van der Waals surface area contributed by atoms with Gasteiger partial charge in [-0.2, -0.15) is 0 Å². The van der Waals surface area contributed by atoms with Crippen molar-refractivity contribution in [3.05, 3.63) is 24.3 Å². The minimum atomic E-state index is 0.214. The average molecular weight is 535 g/mol. The molecule has 4 nitrogen and oxygen atoms in total. The number of carbonyl (C=O) groups is 1. The third-order valence-corrected chi connectivity index (χ3v) is 8.11. The summed E-state index contributed by atoms with van der Waals surface area (Å²) in [5.41, 5.74) is 0. The first kappa shape index (κ1) is 33.8. The molecule has 0 saturated heterocycles. The van der Waals surface area contributed by atoms with Crippen LogP contribution >= 0.6 is 11.8 Å². The van der Waals surface area contributed by atoms with Crippen LogP contribution in [0.25, 0.3) is 0 Å². The summed E-state index contributed by atoms with van der Waals surface area (Å²) in [5.74, 6) is 1.59. The molecular weight excluding hydrogens is 476 g/mol. The largest absolute Gasteiger partial charge is 0.508 e. The fraction of sp³-hybridized carbons (Fsp3) is 0.781. The van der Waals surface area contributed by atoms with Crippen LogP contribution in [0.3, 0.4) is 0 Å². The van der Waals surface area contributed by atoms with E-state index in [2.05, 4.69) is 24.3 Å². The van der Waals surface area contributed by atoms with Gasteiger partial charge < -0.3 is 15.3 Å². The van der Waals surface area contributed by atoms with Gasteiger partial charge in [0.25, 0.3) is 0 Å². The van der Waals surface area contributed by atoms with Crippen molar-refractivity contribution in [2.24, 2.45) is 0 Å². The van der Waals surface area contributed by atoms with E-state index in [1.165, 1.54) is 108 Å². The summed E-state index contributed by atoms with van der Waals surface area (Å²) in [6, 6.07) is 7.36. The molecule has 1 amide bonds. The van der Waals surface area contributed by atoms with Crippen LogP contribution in [-0.2, 0) is 4.79 Å². The Balaban J connectivity index is 1.72. The summed E-state index contributed by atoms with van der Waals surface area (Å²) < 4.78 is 0. The average Bonchev–Trinajstić information content (AvgIpc) is 2.88. The van der Waals surface area contributed by atoms with E-state index < -0.39 is 0 Å². The Labute approximate surface area is 233 Å². The van der Waals surface area contributed by atoms with E-state index in [1.54, 1.807) is 12.1 Å². The molecule has 0 spiro atoms. The molecule has 0 aromatic heterocycles. The zero-order valence-corrected chi connectivity index (χ0v) is 25.1. The second-order valence-electron chi connectivity index (χ2n) is 11.0. The number of hydrogen-bond donors (Lipinski definition) is 2. The van der Waals surface area contributed by atoms with Gasteiger partial charge in [0.1, 0.15) is 5.75 Å². The van der Waals surface area contributed by atoms with Crippen molar-refractivity contribution in [3.63, 3.8) is 0 Å². The molecule has 0 aliphatic heterocycles. The summed E-state index contributed by atoms with van der Waals surface area (Å²) in [7, 11) is 4.33. The van der Waals surface area contributed by atoms with Gasteiger partial charge in [-0.1, -0.05) is 96.3 Å². The first-order chi connectivity index (χ1) is 18.1. The standard InChI is InChI=1S/C32H58N2O2S/c1-34(2)28-20-16-14-12-10-8-6-4-3-5-7-9-11-13-15-19-27-33-32(36)22-18-17-21-29-37-31-25-23-30(35)24-26-31/h23-26,35H,3-22,27-29H2,1-2H3,(H,33,36). The highest BCUT2D eigenvalue weighted by Crippen LogP contribution is 2.22. The van der Waals surface area contributed by atoms with Gasteiger partial charge >= 0.3 is 0 Å². The molecule has 1 aromatic carbocycles. The second kappa shape index (κ2) is 25.1. The molecule has 0 bridgehead atoms. The maximum atomic E-state index is 12.0. The van der Waals surface area contributed by atoms with Gasteiger partial charge in [0.2, 0.25) is 5.91 Å². The number of carbonyl (C=O) groups excluding carboxylic acids is 1. The van der Waals surface area contributed by atoms with Crippen LogP contribution in [0.15, 0.2) is 29.2 Å². The van der Waals surface area contributed by atoms with E-state index in [1.807, 2.05) is 23.9 Å². The molecule has 0 unspecified atom stereocenters. The Morgan fingerprint density at radius 1 is 0.676 bits per heavy atom. The lowest BCUT2D eigenvalue weighted by Gasteiger charge is -2.08. The van der Waals surface area contributed by atoms with Crippen molar-refractivity contribution < 1.29 is 9.90 Å². The van der Waals surface area contributed by atoms with Crippen molar-refractivity contribution in [1.82, 2.24) is 10.2 Å². The number of rotatable bonds is 26. The smallest absolute Gasteiger partial charge is 0.219 e. The minimum absolute atomic E-state index is 0.214. The van der Waals surface area contributed by atoms with E-state index in [0.717, 1.165) is 38.0 Å². The molecule has 0 aliphatic carbocycles. The lowest BCUT2D eigenvalue weighted by atomic mass is 10.0. The lowest BCUT2D eigenvalue weighted by molar-refractivity contribution is -0.121. The Kier molecular flexibility index (Phi) is 22.9. The molecule has 5 heteroatoms. The van der Waals surface area contributed by atoms with Crippen LogP contribution in [0.1, 0.15) is 128 Å². The first-order valence-corrected chi connectivity index (χ1v) is 16.4. The molecule has 0 atom stereocenters. The number of thioether (sulfide) groups is 1. The molecule has 0 fully saturated rings. The number of amides is 1. The maximum absolute atomic E-state index is 12.0. The second-order valence-corrected chi connectivity index (χ2v) is 12.1. The van der Waals surface area contributed by atoms with Gasteiger partial charge in [-0.15, -0.1) is 11.8 Å². The van der Waals surface area contributed by atoms with E-state index in [9.17, 15) is 9.90 Å². The van der Waals surface area contributed by atoms with Crippen molar-refractivity contribution in [3.8, 4) is 5.75 Å². The highest BCUT2D eigenvalue weighted by Gasteiger charge is 2.01. The van der Waals surface area contributed by atoms with E-state index in [0.29, 0.717) is 12.2 Å². The quantitative estimate of drug-likeness (QED) is 0.0920. The van der Waals surface area contributed by atoms with Crippen LogP contribution in [-0.4, -0.2) is 48.9 Å². The SMILES string of the molecule is CN(C)CCCCCCCCCCCCCCCCCCNC(=O)CCCCCSc1ccc(O)cc1. The Morgan fingerprint density at radius 2 is 1.14 bits per heavy atom. The first-order valence-electron chi connectivity index (χ1n) is 15.4. The number of benzene rings is 1. The number of unbranched alkanes of at least 4 members (excludes halogenated alkanes) is 17. The molecule has 0 aliphatic rings. The lowest BCUT2D eigenvalue weighted by Crippen LogP contribution is -2.23. The molecule has 0 radical (unpaired) electrons. The van der Waals surface area contributed by atoms with Crippen LogP contribution < -0.4 is 5.32 Å². The van der Waals surface area contributed by atoms with Gasteiger partial charge in [0, 0.05) is 17.9 Å². The molecule has 2 N–H and O–H groups in total. The summed E-state index contributed by atoms with van der Waals surface area (Å²) in [6.07, 6.45) is 25.8. The number of phenols is 1. The number of nitrogens with one attached hydrogen (secondary N) is 1. The van der Waals surface area contributed by atoms with Crippen molar-refractivity contribution in [2.75, 3.05) is 32.9 Å². The third-order valence-electron chi connectivity index (χ3n) is 7.01. The van der Waals surface area contributed by atoms with Gasteiger partial charge in [-0.25, -0.2) is 0 Å². The Morgan fingerprint density at radius 3 is 1.65 bits per heavy atom. The van der Waals surface area contributed by atoms with Gasteiger partial charge in [0.05, 0.1) is 0 Å². The van der Waals surface area contributed by atoms with E-state index in [4.69, 9.17) is 0 Å². The predicted octanol–water partition coefficient (Wildman–Crippen LogP) is 8.96. The molecule has 214 valence electrons. The highest BCUT2D eigenvalue weighted by atomic mass is 32.2. The minimum Gasteiger partial charge on any atom is -0.508 e. The molecule has 1 aromatic rings. The third kappa shape index (κ3) is 23.6. The zero-order chi connectivity index (χ0) is 26.8. The topological polar surface area (TPSA) is 52.6 Å². The number of nitrogens with zero attached hydrogens (tertiary/aromatic N) is 1. The number of aromatic hydroxyl groups is 1. The molecular formula is C32H58N2O2S. The zero-order valence-electron chi connectivity index (χ0n) is 24.3. The van der Waals surface area contributed by atoms with Gasteiger partial charge in [-0.05, 0) is 76.3 Å².